The second kappa shape index (κ2) is 20.7. The molecule has 1 aromatic carbocycles. The fourth-order valence-electron chi connectivity index (χ4n) is 2.30. The standard InChI is InChI=1S/C18H28N2.C6H6.C2H6/c1-7-11-13-16(9-3)15-17(10-4)20(6)18(19-5)14-12-8-2;1-2-4-6-5-3-1;1-2/h7-9,11-14,17H,3,5,10,15H2,1-2,4,6H3;1-6H;1-2H3/b11-7-,12-8-,16-13+,18-14+;;. The summed E-state index contributed by atoms with van der Waals surface area (Å²) in [5.74, 6) is 0.893. The van der Waals surface area contributed by atoms with Crippen LogP contribution >= 0.6 is 0 Å². The van der Waals surface area contributed by atoms with Crippen LogP contribution in [0.2, 0.25) is 0 Å². The Hall–Kier alpha value is -2.61. The van der Waals surface area contributed by atoms with E-state index in [-0.39, 0.29) is 0 Å². The molecule has 2 heteroatoms. The van der Waals surface area contributed by atoms with Crippen molar-refractivity contribution in [1.82, 2.24) is 4.90 Å². The summed E-state index contributed by atoms with van der Waals surface area (Å²) in [5, 5.41) is 0. The molecular weight excluding hydrogens is 340 g/mol. The molecule has 0 N–H and O–H groups in total. The molecule has 2 nitrogen and oxygen atoms in total. The lowest BCUT2D eigenvalue weighted by Crippen LogP contribution is -2.30. The second-order valence-corrected chi connectivity index (χ2v) is 5.71. The fraction of sp³-hybridized carbons (Fsp3) is 0.346. The predicted octanol–water partition coefficient (Wildman–Crippen LogP) is 7.61. The van der Waals surface area contributed by atoms with Crippen LogP contribution < -0.4 is 0 Å². The van der Waals surface area contributed by atoms with Gasteiger partial charge in [0.25, 0.3) is 0 Å². The summed E-state index contributed by atoms with van der Waals surface area (Å²) in [7, 11) is 2.06. The van der Waals surface area contributed by atoms with Gasteiger partial charge in [0.2, 0.25) is 0 Å². The van der Waals surface area contributed by atoms with E-state index in [9.17, 15) is 0 Å². The summed E-state index contributed by atoms with van der Waals surface area (Å²) < 4.78 is 0. The highest BCUT2D eigenvalue weighted by Crippen LogP contribution is 2.19. The van der Waals surface area contributed by atoms with Crippen LogP contribution in [0.5, 0.6) is 0 Å². The topological polar surface area (TPSA) is 15.6 Å². The van der Waals surface area contributed by atoms with Crippen LogP contribution in [-0.4, -0.2) is 24.7 Å². The van der Waals surface area contributed by atoms with Gasteiger partial charge < -0.3 is 4.90 Å². The molecule has 0 bridgehead atoms. The van der Waals surface area contributed by atoms with Gasteiger partial charge in [-0.3, -0.25) is 0 Å². The van der Waals surface area contributed by atoms with Crippen LogP contribution in [0.3, 0.4) is 0 Å². The van der Waals surface area contributed by atoms with Crippen molar-refractivity contribution in [3.63, 3.8) is 0 Å². The van der Waals surface area contributed by atoms with E-state index in [1.807, 2.05) is 101 Å². The highest BCUT2D eigenvalue weighted by atomic mass is 15.2. The molecule has 154 valence electrons. The lowest BCUT2D eigenvalue weighted by molar-refractivity contribution is 0.292. The van der Waals surface area contributed by atoms with Crippen molar-refractivity contribution in [2.75, 3.05) is 7.05 Å². The van der Waals surface area contributed by atoms with Crippen molar-refractivity contribution in [3.8, 4) is 0 Å². The van der Waals surface area contributed by atoms with Crippen LogP contribution in [0.1, 0.15) is 47.5 Å². The summed E-state index contributed by atoms with van der Waals surface area (Å²) >= 11 is 0. The Balaban J connectivity index is 0. The maximum absolute atomic E-state index is 4.12. The Bertz CT molecular complexity index is 580. The molecule has 1 rings (SSSR count). The zero-order valence-corrected chi connectivity index (χ0v) is 18.8. The van der Waals surface area contributed by atoms with E-state index in [1.165, 1.54) is 5.57 Å². The van der Waals surface area contributed by atoms with Gasteiger partial charge in [0, 0.05) is 13.1 Å². The van der Waals surface area contributed by atoms with E-state index in [2.05, 4.69) is 43.2 Å². The van der Waals surface area contributed by atoms with E-state index in [1.54, 1.807) is 0 Å². The minimum Gasteiger partial charge on any atom is -0.356 e. The molecule has 0 radical (unpaired) electrons. The van der Waals surface area contributed by atoms with Gasteiger partial charge in [-0.25, -0.2) is 4.99 Å². The molecule has 0 aromatic heterocycles. The number of rotatable bonds is 9. The SMILES string of the molecule is C=C/C(=C\C=C/C)CC(CC)N(C)/C(=C/C=C\C)N=C.CC.c1ccccc1. The molecule has 0 aliphatic rings. The lowest BCUT2D eigenvalue weighted by Gasteiger charge is -2.29. The van der Waals surface area contributed by atoms with Crippen LogP contribution in [0.4, 0.5) is 0 Å². The molecule has 0 saturated carbocycles. The molecule has 0 amide bonds. The zero-order valence-electron chi connectivity index (χ0n) is 18.8. The summed E-state index contributed by atoms with van der Waals surface area (Å²) in [6.07, 6.45) is 16.1. The molecule has 0 fully saturated rings. The van der Waals surface area contributed by atoms with Crippen molar-refractivity contribution in [1.29, 1.82) is 0 Å². The molecule has 1 aromatic rings. The summed E-state index contributed by atoms with van der Waals surface area (Å²) in [6.45, 7) is 17.7. The van der Waals surface area contributed by atoms with Gasteiger partial charge in [-0.05, 0) is 45.1 Å². The highest BCUT2D eigenvalue weighted by Gasteiger charge is 2.15. The van der Waals surface area contributed by atoms with E-state index in [0.717, 1.165) is 18.7 Å². The summed E-state index contributed by atoms with van der Waals surface area (Å²) in [6, 6.07) is 12.4. The smallest absolute Gasteiger partial charge is 0.127 e. The summed E-state index contributed by atoms with van der Waals surface area (Å²) in [5.41, 5.74) is 1.23. The van der Waals surface area contributed by atoms with Gasteiger partial charge in [0.05, 0.1) is 0 Å². The number of nitrogens with zero attached hydrogens (tertiary/aromatic N) is 2. The zero-order chi connectivity index (χ0) is 21.6. The van der Waals surface area contributed by atoms with Crippen LogP contribution in [0.25, 0.3) is 0 Å². The van der Waals surface area contributed by atoms with E-state index < -0.39 is 0 Å². The number of hydrogen-bond acceptors (Lipinski definition) is 2. The predicted molar refractivity (Wildman–Crippen MR) is 130 cm³/mol. The van der Waals surface area contributed by atoms with Crippen molar-refractivity contribution < 1.29 is 0 Å². The molecule has 1 atom stereocenters. The average Bonchev–Trinajstić information content (AvgIpc) is 2.77. The lowest BCUT2D eigenvalue weighted by atomic mass is 10.0. The largest absolute Gasteiger partial charge is 0.356 e. The highest BCUT2D eigenvalue weighted by molar-refractivity contribution is 5.30. The van der Waals surface area contributed by atoms with Gasteiger partial charge in [-0.15, -0.1) is 0 Å². The van der Waals surface area contributed by atoms with Gasteiger partial charge in [-0.2, -0.15) is 0 Å². The molecule has 0 aliphatic carbocycles. The van der Waals surface area contributed by atoms with Gasteiger partial charge >= 0.3 is 0 Å². The Morgan fingerprint density at radius 1 is 0.964 bits per heavy atom. The second-order valence-electron chi connectivity index (χ2n) is 5.71. The van der Waals surface area contributed by atoms with Gasteiger partial charge in [-0.1, -0.05) is 100 Å². The number of allylic oxidation sites excluding steroid dienone is 7. The molecule has 28 heavy (non-hydrogen) atoms. The molecule has 0 spiro atoms. The van der Waals surface area contributed by atoms with Crippen molar-refractivity contribution in [2.45, 2.75) is 53.5 Å². The first-order valence-corrected chi connectivity index (χ1v) is 10.1. The maximum Gasteiger partial charge on any atom is 0.127 e. The Kier molecular flexibility index (Phi) is 20.4. The third-order valence-corrected chi connectivity index (χ3v) is 3.88. The molecule has 1 unspecified atom stereocenters. The first-order valence-electron chi connectivity index (χ1n) is 10.1. The average molecular weight is 381 g/mol. The minimum atomic E-state index is 0.381. The molecule has 0 heterocycles. The van der Waals surface area contributed by atoms with Gasteiger partial charge in [0.15, 0.2) is 0 Å². The van der Waals surface area contributed by atoms with E-state index >= 15 is 0 Å². The number of hydrogen-bond donors (Lipinski definition) is 0. The van der Waals surface area contributed by atoms with Gasteiger partial charge in [0.1, 0.15) is 5.82 Å². The van der Waals surface area contributed by atoms with Crippen LogP contribution in [0.15, 0.2) is 102 Å². The molecule has 0 saturated heterocycles. The Labute approximate surface area is 174 Å². The van der Waals surface area contributed by atoms with Crippen molar-refractivity contribution in [3.05, 3.63) is 96.9 Å². The Morgan fingerprint density at radius 2 is 1.43 bits per heavy atom. The molecule has 0 aliphatic heterocycles. The monoisotopic (exact) mass is 380 g/mol. The first kappa shape index (κ1) is 27.6. The Morgan fingerprint density at radius 3 is 1.79 bits per heavy atom. The molecular formula is C26H40N2. The first-order chi connectivity index (χ1) is 13.6. The number of aliphatic imine (C=N–C) groups is 1. The van der Waals surface area contributed by atoms with E-state index in [0.29, 0.717) is 6.04 Å². The fourth-order valence-corrected chi connectivity index (χ4v) is 2.30. The van der Waals surface area contributed by atoms with Crippen molar-refractivity contribution >= 4 is 6.72 Å². The summed E-state index contributed by atoms with van der Waals surface area (Å²) in [4.78, 5) is 6.30. The third-order valence-electron chi connectivity index (χ3n) is 3.88. The van der Waals surface area contributed by atoms with Crippen LogP contribution in [0, 0.1) is 0 Å². The number of benzene rings is 1. The normalized spacial score (nSPS) is 12.5. The third kappa shape index (κ3) is 13.6. The minimum absolute atomic E-state index is 0.381. The van der Waals surface area contributed by atoms with E-state index in [4.69, 9.17) is 0 Å². The maximum atomic E-state index is 4.12. The van der Waals surface area contributed by atoms with Crippen LogP contribution in [-0.2, 0) is 0 Å². The quantitative estimate of drug-likeness (QED) is 0.318. The van der Waals surface area contributed by atoms with Crippen molar-refractivity contribution in [2.24, 2.45) is 4.99 Å².